The van der Waals surface area contributed by atoms with Gasteiger partial charge in [-0.1, -0.05) is 29.4 Å². The van der Waals surface area contributed by atoms with Gasteiger partial charge in [0, 0.05) is 18.6 Å². The summed E-state index contributed by atoms with van der Waals surface area (Å²) in [5, 5.41) is 14.4. The van der Waals surface area contributed by atoms with Crippen LogP contribution in [0.15, 0.2) is 53.7 Å². The molecule has 0 atom stereocenters. The zero-order valence-electron chi connectivity index (χ0n) is 12.8. The molecule has 2 rings (SSSR count). The van der Waals surface area contributed by atoms with Gasteiger partial charge in [-0.2, -0.15) is 0 Å². The fourth-order valence-corrected chi connectivity index (χ4v) is 1.89. The summed E-state index contributed by atoms with van der Waals surface area (Å²) >= 11 is 0. The van der Waals surface area contributed by atoms with Gasteiger partial charge in [0.1, 0.15) is 12.4 Å². The number of rotatable bonds is 8. The van der Waals surface area contributed by atoms with Crippen LogP contribution in [0.4, 0.5) is 5.69 Å². The highest BCUT2D eigenvalue weighted by atomic mass is 16.6. The third-order valence-corrected chi connectivity index (χ3v) is 3.09. The molecular weight excluding hydrogens is 296 g/mol. The van der Waals surface area contributed by atoms with Gasteiger partial charge >= 0.3 is 0 Å². The number of nitrogens with zero attached hydrogens (tertiary/aromatic N) is 2. The molecule has 0 radical (unpaired) electrons. The second-order valence-electron chi connectivity index (χ2n) is 4.74. The Kier molecular flexibility index (Phi) is 6.11. The summed E-state index contributed by atoms with van der Waals surface area (Å²) in [5.74, 6) is 0.621. The first-order valence-electron chi connectivity index (χ1n) is 7.30. The molecule has 0 spiro atoms. The number of hydrogen-bond acceptors (Lipinski definition) is 5. The van der Waals surface area contributed by atoms with Crippen molar-refractivity contribution in [3.63, 3.8) is 0 Å². The highest BCUT2D eigenvalue weighted by Crippen LogP contribution is 2.17. The number of oxime groups is 1. The van der Waals surface area contributed by atoms with Crippen LogP contribution in [0.1, 0.15) is 18.1 Å². The Hall–Kier alpha value is -2.89. The lowest BCUT2D eigenvalue weighted by Crippen LogP contribution is -2.01. The molecule has 0 fully saturated rings. The Morgan fingerprint density at radius 1 is 1.13 bits per heavy atom. The molecule has 6 heteroatoms. The van der Waals surface area contributed by atoms with Crippen LogP contribution in [0.25, 0.3) is 0 Å². The summed E-state index contributed by atoms with van der Waals surface area (Å²) in [6.07, 6.45) is 2.42. The molecule has 0 saturated heterocycles. The highest BCUT2D eigenvalue weighted by molar-refractivity contribution is 5.79. The van der Waals surface area contributed by atoms with Gasteiger partial charge in [-0.15, -0.1) is 0 Å². The first-order valence-corrected chi connectivity index (χ1v) is 7.30. The quantitative estimate of drug-likeness (QED) is 0.424. The molecule has 0 aliphatic carbocycles. The van der Waals surface area contributed by atoms with Crippen molar-refractivity contribution in [1.82, 2.24) is 0 Å². The van der Waals surface area contributed by atoms with Crippen molar-refractivity contribution in [1.29, 1.82) is 0 Å². The van der Waals surface area contributed by atoms with E-state index in [9.17, 15) is 10.1 Å². The van der Waals surface area contributed by atoms with Gasteiger partial charge < -0.3 is 9.57 Å². The minimum Gasteiger partial charge on any atom is -0.493 e. The van der Waals surface area contributed by atoms with E-state index in [1.165, 1.54) is 12.1 Å². The topological polar surface area (TPSA) is 74.0 Å². The zero-order valence-corrected chi connectivity index (χ0v) is 12.8. The van der Waals surface area contributed by atoms with Crippen LogP contribution in [-0.2, 0) is 11.3 Å². The lowest BCUT2D eigenvalue weighted by Gasteiger charge is -2.06. The molecule has 0 saturated carbocycles. The highest BCUT2D eigenvalue weighted by Gasteiger charge is 2.04. The SMILES string of the molecule is CCON=Cc1ccc(CCOc2ccc([N+](=O)[O-])cc2)cc1. The summed E-state index contributed by atoms with van der Waals surface area (Å²) in [7, 11) is 0. The smallest absolute Gasteiger partial charge is 0.269 e. The number of non-ortho nitro benzene ring substituents is 1. The molecule has 2 aromatic carbocycles. The molecule has 0 amide bonds. The maximum Gasteiger partial charge on any atom is 0.269 e. The number of hydrogen-bond donors (Lipinski definition) is 0. The van der Waals surface area contributed by atoms with Crippen molar-refractivity contribution in [2.24, 2.45) is 5.16 Å². The first kappa shape index (κ1) is 16.5. The van der Waals surface area contributed by atoms with E-state index in [0.717, 1.165) is 17.5 Å². The molecule has 2 aromatic rings. The summed E-state index contributed by atoms with van der Waals surface area (Å²) in [6.45, 7) is 2.93. The first-order chi connectivity index (χ1) is 11.2. The summed E-state index contributed by atoms with van der Waals surface area (Å²) in [4.78, 5) is 15.1. The predicted molar refractivity (Wildman–Crippen MR) is 88.0 cm³/mol. The Bertz CT molecular complexity index is 651. The van der Waals surface area contributed by atoms with Crippen molar-refractivity contribution in [3.8, 4) is 5.75 Å². The van der Waals surface area contributed by atoms with Crippen molar-refractivity contribution in [2.45, 2.75) is 13.3 Å². The second kappa shape index (κ2) is 8.53. The molecule has 120 valence electrons. The number of ether oxygens (including phenoxy) is 1. The van der Waals surface area contributed by atoms with Gasteiger partial charge in [-0.3, -0.25) is 10.1 Å². The summed E-state index contributed by atoms with van der Waals surface area (Å²) in [5.41, 5.74) is 2.17. The van der Waals surface area contributed by atoms with Crippen LogP contribution >= 0.6 is 0 Å². The summed E-state index contributed by atoms with van der Waals surface area (Å²) in [6, 6.07) is 14.0. The van der Waals surface area contributed by atoms with Crippen molar-refractivity contribution < 1.29 is 14.5 Å². The molecule has 23 heavy (non-hydrogen) atoms. The maximum absolute atomic E-state index is 10.6. The number of nitro benzene ring substituents is 1. The molecule has 0 unspecified atom stereocenters. The zero-order chi connectivity index (χ0) is 16.5. The van der Waals surface area contributed by atoms with Crippen LogP contribution in [0.3, 0.4) is 0 Å². The van der Waals surface area contributed by atoms with E-state index in [-0.39, 0.29) is 5.69 Å². The third kappa shape index (κ3) is 5.43. The van der Waals surface area contributed by atoms with E-state index in [4.69, 9.17) is 9.57 Å². The number of nitro groups is 1. The minimum absolute atomic E-state index is 0.0571. The van der Waals surface area contributed by atoms with E-state index in [1.807, 2.05) is 31.2 Å². The molecule has 0 N–H and O–H groups in total. The van der Waals surface area contributed by atoms with E-state index in [0.29, 0.717) is 19.0 Å². The van der Waals surface area contributed by atoms with Gasteiger partial charge in [0.2, 0.25) is 0 Å². The van der Waals surface area contributed by atoms with Crippen LogP contribution < -0.4 is 4.74 Å². The van der Waals surface area contributed by atoms with Gasteiger partial charge in [0.15, 0.2) is 0 Å². The second-order valence-corrected chi connectivity index (χ2v) is 4.74. The normalized spacial score (nSPS) is 10.7. The number of benzene rings is 2. The van der Waals surface area contributed by atoms with Crippen LogP contribution in [-0.4, -0.2) is 24.4 Å². The largest absolute Gasteiger partial charge is 0.493 e. The van der Waals surface area contributed by atoms with E-state index >= 15 is 0 Å². The molecule has 0 bridgehead atoms. The van der Waals surface area contributed by atoms with Gasteiger partial charge in [0.05, 0.1) is 17.7 Å². The Morgan fingerprint density at radius 2 is 1.83 bits per heavy atom. The lowest BCUT2D eigenvalue weighted by molar-refractivity contribution is -0.384. The average molecular weight is 314 g/mol. The fourth-order valence-electron chi connectivity index (χ4n) is 1.89. The molecule has 0 aromatic heterocycles. The van der Waals surface area contributed by atoms with Crippen LogP contribution in [0, 0.1) is 10.1 Å². The molecule has 0 aliphatic heterocycles. The molecule has 6 nitrogen and oxygen atoms in total. The van der Waals surface area contributed by atoms with Crippen molar-refractivity contribution in [3.05, 3.63) is 69.8 Å². The third-order valence-electron chi connectivity index (χ3n) is 3.09. The Balaban J connectivity index is 1.80. The van der Waals surface area contributed by atoms with E-state index in [1.54, 1.807) is 18.3 Å². The minimum atomic E-state index is -0.430. The predicted octanol–water partition coefficient (Wildman–Crippen LogP) is 3.59. The van der Waals surface area contributed by atoms with E-state index in [2.05, 4.69) is 5.16 Å². The van der Waals surface area contributed by atoms with Crippen LogP contribution in [0.5, 0.6) is 5.75 Å². The lowest BCUT2D eigenvalue weighted by atomic mass is 10.1. The average Bonchev–Trinajstić information content (AvgIpc) is 2.57. The van der Waals surface area contributed by atoms with E-state index < -0.39 is 4.92 Å². The standard InChI is InChI=1S/C17H18N2O4/c1-2-23-18-13-15-5-3-14(4-6-15)11-12-22-17-9-7-16(8-10-17)19(20)21/h3-10,13H,2,11-12H2,1H3. The van der Waals surface area contributed by atoms with Crippen LogP contribution in [0.2, 0.25) is 0 Å². The Morgan fingerprint density at radius 3 is 2.43 bits per heavy atom. The Labute approximate surface area is 134 Å². The van der Waals surface area contributed by atoms with Gasteiger partial charge in [-0.25, -0.2) is 0 Å². The van der Waals surface area contributed by atoms with Crippen molar-refractivity contribution in [2.75, 3.05) is 13.2 Å². The maximum atomic E-state index is 10.6. The molecule has 0 heterocycles. The fraction of sp³-hybridized carbons (Fsp3) is 0.235. The monoisotopic (exact) mass is 314 g/mol. The summed E-state index contributed by atoms with van der Waals surface area (Å²) < 4.78 is 5.59. The van der Waals surface area contributed by atoms with Gasteiger partial charge in [-0.05, 0) is 30.2 Å². The van der Waals surface area contributed by atoms with Gasteiger partial charge in [0.25, 0.3) is 5.69 Å². The molecule has 0 aliphatic rings. The van der Waals surface area contributed by atoms with Crippen molar-refractivity contribution >= 4 is 11.9 Å². The molecular formula is C17H18N2O4.